The number of anilines is 2. The van der Waals surface area contributed by atoms with E-state index in [0.29, 0.717) is 21.6 Å². The van der Waals surface area contributed by atoms with Gasteiger partial charge >= 0.3 is 0 Å². The Morgan fingerprint density at radius 3 is 2.32 bits per heavy atom. The second kappa shape index (κ2) is 6.29. The lowest BCUT2D eigenvalue weighted by atomic mass is 10.2. The van der Waals surface area contributed by atoms with Crippen LogP contribution in [0.1, 0.15) is 22.5 Å². The van der Waals surface area contributed by atoms with Crippen LogP contribution in [0.3, 0.4) is 0 Å². The molecule has 1 aliphatic carbocycles. The molecule has 4 nitrogen and oxygen atoms in total. The van der Waals surface area contributed by atoms with Crippen LogP contribution in [0.4, 0.5) is 15.8 Å². The van der Waals surface area contributed by atoms with E-state index < -0.39 is 0 Å². The fourth-order valence-electron chi connectivity index (χ4n) is 2.56. The van der Waals surface area contributed by atoms with Crippen molar-refractivity contribution in [2.45, 2.75) is 12.8 Å². The van der Waals surface area contributed by atoms with Crippen LogP contribution < -0.4 is 10.6 Å². The van der Waals surface area contributed by atoms with Gasteiger partial charge in [-0.3, -0.25) is 9.59 Å². The first-order valence-corrected chi connectivity index (χ1v) is 8.82. The SMILES string of the molecule is O=C(Nc1ccc(NC(=O)C2CC2)cc1)c1cc2c(F)cccc2s1. The molecule has 0 bridgehead atoms. The van der Waals surface area contributed by atoms with E-state index in [0.717, 1.165) is 17.5 Å². The summed E-state index contributed by atoms with van der Waals surface area (Å²) in [6.07, 6.45) is 1.91. The molecule has 0 atom stereocenters. The number of amides is 2. The molecule has 1 aromatic heterocycles. The van der Waals surface area contributed by atoms with Crippen LogP contribution in [-0.4, -0.2) is 11.8 Å². The summed E-state index contributed by atoms with van der Waals surface area (Å²) in [6.45, 7) is 0. The second-order valence-corrected chi connectivity index (χ2v) is 7.14. The summed E-state index contributed by atoms with van der Waals surface area (Å²) in [5, 5.41) is 6.09. The fraction of sp³-hybridized carbons (Fsp3) is 0.158. The van der Waals surface area contributed by atoms with Crippen molar-refractivity contribution >= 4 is 44.6 Å². The molecular formula is C19H15FN2O2S. The van der Waals surface area contributed by atoms with E-state index in [9.17, 15) is 14.0 Å². The zero-order chi connectivity index (χ0) is 17.4. The van der Waals surface area contributed by atoms with Gasteiger partial charge in [0.2, 0.25) is 5.91 Å². The lowest BCUT2D eigenvalue weighted by Gasteiger charge is -2.07. The molecule has 3 aromatic rings. The molecular weight excluding hydrogens is 339 g/mol. The number of hydrogen-bond donors (Lipinski definition) is 2. The zero-order valence-electron chi connectivity index (χ0n) is 13.2. The van der Waals surface area contributed by atoms with Crippen LogP contribution in [0, 0.1) is 11.7 Å². The molecule has 0 spiro atoms. The highest BCUT2D eigenvalue weighted by molar-refractivity contribution is 7.20. The van der Waals surface area contributed by atoms with Gasteiger partial charge in [-0.1, -0.05) is 6.07 Å². The van der Waals surface area contributed by atoms with E-state index in [4.69, 9.17) is 0 Å². The lowest BCUT2D eigenvalue weighted by Crippen LogP contribution is -2.13. The average molecular weight is 354 g/mol. The molecule has 126 valence electrons. The summed E-state index contributed by atoms with van der Waals surface area (Å²) in [5.74, 6) is -0.421. The molecule has 0 unspecified atom stereocenters. The van der Waals surface area contributed by atoms with Crippen LogP contribution in [0.2, 0.25) is 0 Å². The van der Waals surface area contributed by atoms with Crippen LogP contribution in [0.5, 0.6) is 0 Å². The Balaban J connectivity index is 1.46. The maximum Gasteiger partial charge on any atom is 0.265 e. The molecule has 0 radical (unpaired) electrons. The molecule has 0 saturated heterocycles. The third-order valence-corrected chi connectivity index (χ3v) is 5.19. The third kappa shape index (κ3) is 3.39. The molecule has 6 heteroatoms. The van der Waals surface area contributed by atoms with Gasteiger partial charge < -0.3 is 10.6 Å². The number of nitrogens with one attached hydrogen (secondary N) is 2. The highest BCUT2D eigenvalue weighted by atomic mass is 32.1. The van der Waals surface area contributed by atoms with Gasteiger partial charge in [-0.2, -0.15) is 0 Å². The van der Waals surface area contributed by atoms with Crippen molar-refractivity contribution in [2.24, 2.45) is 5.92 Å². The maximum atomic E-state index is 13.7. The van der Waals surface area contributed by atoms with Crippen LogP contribution in [-0.2, 0) is 4.79 Å². The van der Waals surface area contributed by atoms with Gasteiger partial charge in [-0.05, 0) is 55.3 Å². The Hall–Kier alpha value is -2.73. The number of benzene rings is 2. The minimum atomic E-state index is -0.330. The predicted octanol–water partition coefficient (Wildman–Crippen LogP) is 4.64. The van der Waals surface area contributed by atoms with Crippen molar-refractivity contribution in [1.29, 1.82) is 0 Å². The minimum Gasteiger partial charge on any atom is -0.326 e. The topological polar surface area (TPSA) is 58.2 Å². The number of thiophene rings is 1. The molecule has 25 heavy (non-hydrogen) atoms. The fourth-order valence-corrected chi connectivity index (χ4v) is 3.53. The highest BCUT2D eigenvalue weighted by Gasteiger charge is 2.29. The highest BCUT2D eigenvalue weighted by Crippen LogP contribution is 2.30. The molecule has 1 heterocycles. The largest absolute Gasteiger partial charge is 0.326 e. The number of carbonyl (C=O) groups excluding carboxylic acids is 2. The van der Waals surface area contributed by atoms with E-state index >= 15 is 0 Å². The molecule has 4 rings (SSSR count). The summed E-state index contributed by atoms with van der Waals surface area (Å²) >= 11 is 1.25. The minimum absolute atomic E-state index is 0.0455. The standard InChI is InChI=1S/C19H15FN2O2S/c20-15-2-1-3-16-14(15)10-17(25-16)19(24)22-13-8-6-12(7-9-13)21-18(23)11-4-5-11/h1-3,6-11H,4-5H2,(H,21,23)(H,22,24). The van der Waals surface area contributed by atoms with Crippen LogP contribution >= 0.6 is 11.3 Å². The second-order valence-electron chi connectivity index (χ2n) is 6.06. The van der Waals surface area contributed by atoms with Gasteiger partial charge in [0.1, 0.15) is 5.82 Å². The van der Waals surface area contributed by atoms with Crippen molar-refractivity contribution in [3.05, 3.63) is 59.2 Å². The summed E-state index contributed by atoms with van der Waals surface area (Å²) in [4.78, 5) is 24.5. The van der Waals surface area contributed by atoms with Gasteiger partial charge in [-0.15, -0.1) is 11.3 Å². The average Bonchev–Trinajstić information content (AvgIpc) is 3.36. The molecule has 1 saturated carbocycles. The number of halogens is 1. The Labute approximate surface area is 147 Å². The predicted molar refractivity (Wildman–Crippen MR) is 97.5 cm³/mol. The number of rotatable bonds is 4. The normalized spacial score (nSPS) is 13.6. The number of hydrogen-bond acceptors (Lipinski definition) is 3. The van der Waals surface area contributed by atoms with Crippen molar-refractivity contribution < 1.29 is 14.0 Å². The molecule has 1 aliphatic rings. The van der Waals surface area contributed by atoms with Crippen molar-refractivity contribution in [3.8, 4) is 0 Å². The molecule has 2 amide bonds. The van der Waals surface area contributed by atoms with Gasteiger partial charge in [-0.25, -0.2) is 4.39 Å². The zero-order valence-corrected chi connectivity index (χ0v) is 14.0. The third-order valence-electron chi connectivity index (χ3n) is 4.09. The Kier molecular flexibility index (Phi) is 3.97. The number of fused-ring (bicyclic) bond motifs is 1. The molecule has 1 fully saturated rings. The summed E-state index contributed by atoms with van der Waals surface area (Å²) < 4.78 is 14.5. The quantitative estimate of drug-likeness (QED) is 0.717. The van der Waals surface area contributed by atoms with Crippen LogP contribution in [0.15, 0.2) is 48.5 Å². The summed E-state index contributed by atoms with van der Waals surface area (Å²) in [6, 6.07) is 13.3. The van der Waals surface area contributed by atoms with E-state index in [1.54, 1.807) is 42.5 Å². The Morgan fingerprint density at radius 2 is 1.68 bits per heavy atom. The van der Waals surface area contributed by atoms with Gasteiger partial charge in [0.25, 0.3) is 5.91 Å². The molecule has 2 aromatic carbocycles. The monoisotopic (exact) mass is 354 g/mol. The Morgan fingerprint density at radius 1 is 1.00 bits per heavy atom. The molecule has 0 aliphatic heterocycles. The van der Waals surface area contributed by atoms with Crippen molar-refractivity contribution in [3.63, 3.8) is 0 Å². The van der Waals surface area contributed by atoms with E-state index in [1.807, 2.05) is 0 Å². The van der Waals surface area contributed by atoms with Crippen LogP contribution in [0.25, 0.3) is 10.1 Å². The van der Waals surface area contributed by atoms with Gasteiger partial charge in [0.15, 0.2) is 0 Å². The van der Waals surface area contributed by atoms with Crippen molar-refractivity contribution in [2.75, 3.05) is 10.6 Å². The maximum absolute atomic E-state index is 13.7. The van der Waals surface area contributed by atoms with Gasteiger partial charge in [0.05, 0.1) is 4.88 Å². The lowest BCUT2D eigenvalue weighted by molar-refractivity contribution is -0.117. The number of carbonyl (C=O) groups is 2. The molecule has 2 N–H and O–H groups in total. The van der Waals surface area contributed by atoms with E-state index in [-0.39, 0.29) is 23.5 Å². The summed E-state index contributed by atoms with van der Waals surface area (Å²) in [5.41, 5.74) is 1.33. The summed E-state index contributed by atoms with van der Waals surface area (Å²) in [7, 11) is 0. The van der Waals surface area contributed by atoms with Gasteiger partial charge in [0, 0.05) is 27.4 Å². The smallest absolute Gasteiger partial charge is 0.265 e. The van der Waals surface area contributed by atoms with E-state index in [1.165, 1.54) is 17.4 Å². The first-order valence-electron chi connectivity index (χ1n) is 8.00. The Bertz CT molecular complexity index is 961. The van der Waals surface area contributed by atoms with Crippen molar-refractivity contribution in [1.82, 2.24) is 0 Å². The first kappa shape index (κ1) is 15.8. The van der Waals surface area contributed by atoms with E-state index in [2.05, 4.69) is 10.6 Å². The first-order chi connectivity index (χ1) is 12.1.